The number of hydrogen-bond donors (Lipinski definition) is 2. The lowest BCUT2D eigenvalue weighted by atomic mass is 10.1. The van der Waals surface area contributed by atoms with Gasteiger partial charge in [-0.1, -0.05) is 24.4 Å². The molecule has 0 spiro atoms. The predicted molar refractivity (Wildman–Crippen MR) is 86.5 cm³/mol. The Labute approximate surface area is 126 Å². The van der Waals surface area contributed by atoms with E-state index in [0.29, 0.717) is 11.4 Å². The molecule has 0 saturated carbocycles. The largest absolute Gasteiger partial charge is 0.376 e. The molecule has 0 bridgehead atoms. The van der Waals surface area contributed by atoms with Crippen LogP contribution in [0.4, 0.5) is 11.4 Å². The number of amides is 1. The van der Waals surface area contributed by atoms with Crippen molar-refractivity contribution in [2.45, 2.75) is 32.1 Å². The summed E-state index contributed by atoms with van der Waals surface area (Å²) >= 11 is 5.98. The van der Waals surface area contributed by atoms with E-state index in [4.69, 9.17) is 17.3 Å². The van der Waals surface area contributed by atoms with Gasteiger partial charge in [0, 0.05) is 25.5 Å². The van der Waals surface area contributed by atoms with Crippen molar-refractivity contribution in [1.82, 2.24) is 0 Å². The van der Waals surface area contributed by atoms with E-state index in [9.17, 15) is 4.79 Å². The van der Waals surface area contributed by atoms with Crippen LogP contribution in [0.5, 0.6) is 0 Å². The van der Waals surface area contributed by atoms with Gasteiger partial charge in [0.2, 0.25) is 5.91 Å². The molecule has 112 valence electrons. The van der Waals surface area contributed by atoms with Gasteiger partial charge in [-0.05, 0) is 37.6 Å². The summed E-state index contributed by atoms with van der Waals surface area (Å²) in [5.74, 6) is 0.0307. The lowest BCUT2D eigenvalue weighted by Gasteiger charge is -2.18. The highest BCUT2D eigenvalue weighted by atomic mass is 35.5. The summed E-state index contributed by atoms with van der Waals surface area (Å²) < 4.78 is 0. The summed E-state index contributed by atoms with van der Waals surface area (Å²) in [7, 11) is 3.87. The summed E-state index contributed by atoms with van der Waals surface area (Å²) in [6, 6.07) is 5.50. The molecule has 0 aliphatic heterocycles. The van der Waals surface area contributed by atoms with Crippen molar-refractivity contribution >= 4 is 28.9 Å². The lowest BCUT2D eigenvalue weighted by Crippen LogP contribution is -2.16. The second-order valence-electron chi connectivity index (χ2n) is 5.06. The minimum absolute atomic E-state index is 0.0307. The van der Waals surface area contributed by atoms with Gasteiger partial charge >= 0.3 is 0 Å². The molecule has 0 aliphatic carbocycles. The number of carbonyl (C=O) groups excluding carboxylic acids is 1. The zero-order chi connectivity index (χ0) is 15.0. The lowest BCUT2D eigenvalue weighted by molar-refractivity contribution is -0.116. The highest BCUT2D eigenvalue weighted by Gasteiger charge is 2.09. The van der Waals surface area contributed by atoms with Crippen molar-refractivity contribution in [3.8, 4) is 0 Å². The first-order valence-electron chi connectivity index (χ1n) is 7.01. The summed E-state index contributed by atoms with van der Waals surface area (Å²) in [6.45, 7) is 0.723. The Morgan fingerprint density at radius 1 is 1.25 bits per heavy atom. The normalized spacial score (nSPS) is 10.4. The van der Waals surface area contributed by atoms with Crippen LogP contribution >= 0.6 is 11.6 Å². The van der Waals surface area contributed by atoms with E-state index in [1.807, 2.05) is 31.1 Å². The van der Waals surface area contributed by atoms with Gasteiger partial charge in [-0.15, -0.1) is 0 Å². The number of halogens is 1. The summed E-state index contributed by atoms with van der Waals surface area (Å²) in [5.41, 5.74) is 7.14. The van der Waals surface area contributed by atoms with Gasteiger partial charge in [0.25, 0.3) is 0 Å². The molecule has 0 atom stereocenters. The van der Waals surface area contributed by atoms with Crippen LogP contribution < -0.4 is 16.0 Å². The maximum atomic E-state index is 11.9. The molecule has 0 heterocycles. The molecule has 3 N–H and O–H groups in total. The van der Waals surface area contributed by atoms with Crippen molar-refractivity contribution in [3.63, 3.8) is 0 Å². The van der Waals surface area contributed by atoms with Crippen molar-refractivity contribution < 1.29 is 4.79 Å². The summed E-state index contributed by atoms with van der Waals surface area (Å²) in [5, 5.41) is 3.55. The smallest absolute Gasteiger partial charge is 0.224 e. The van der Waals surface area contributed by atoms with E-state index in [1.165, 1.54) is 0 Å². The number of rotatable bonds is 8. The number of nitrogens with one attached hydrogen (secondary N) is 1. The first-order chi connectivity index (χ1) is 9.54. The van der Waals surface area contributed by atoms with E-state index in [1.54, 1.807) is 6.07 Å². The van der Waals surface area contributed by atoms with Crippen molar-refractivity contribution in [2.75, 3.05) is 30.9 Å². The Balaban J connectivity index is 2.50. The van der Waals surface area contributed by atoms with Crippen molar-refractivity contribution in [1.29, 1.82) is 0 Å². The average molecular weight is 298 g/mol. The highest BCUT2D eigenvalue weighted by molar-refractivity contribution is 6.31. The average Bonchev–Trinajstić information content (AvgIpc) is 2.38. The van der Waals surface area contributed by atoms with Gasteiger partial charge in [0.05, 0.1) is 11.4 Å². The Hall–Kier alpha value is -1.26. The first kappa shape index (κ1) is 16.8. The van der Waals surface area contributed by atoms with Crippen LogP contribution in [0.2, 0.25) is 5.02 Å². The highest BCUT2D eigenvalue weighted by Crippen LogP contribution is 2.28. The Morgan fingerprint density at radius 2 is 1.95 bits per heavy atom. The van der Waals surface area contributed by atoms with E-state index < -0.39 is 0 Å². The van der Waals surface area contributed by atoms with Crippen molar-refractivity contribution in [2.24, 2.45) is 5.73 Å². The van der Waals surface area contributed by atoms with Gasteiger partial charge in [-0.2, -0.15) is 0 Å². The minimum Gasteiger partial charge on any atom is -0.376 e. The number of hydrogen-bond acceptors (Lipinski definition) is 3. The molecule has 20 heavy (non-hydrogen) atoms. The molecule has 0 fully saturated rings. The van der Waals surface area contributed by atoms with Crippen LogP contribution in [0.3, 0.4) is 0 Å². The fraction of sp³-hybridized carbons (Fsp3) is 0.533. The van der Waals surface area contributed by atoms with E-state index in [-0.39, 0.29) is 5.91 Å². The quantitative estimate of drug-likeness (QED) is 0.724. The van der Waals surface area contributed by atoms with Gasteiger partial charge in [0.1, 0.15) is 0 Å². The first-order valence-corrected chi connectivity index (χ1v) is 7.39. The SMILES string of the molecule is CN(C)c1ccc(Cl)cc1NC(=O)CCCCCCN. The molecule has 4 nitrogen and oxygen atoms in total. The van der Waals surface area contributed by atoms with Gasteiger partial charge in [0.15, 0.2) is 0 Å². The molecule has 0 saturated heterocycles. The third-order valence-corrected chi connectivity index (χ3v) is 3.31. The number of benzene rings is 1. The number of nitrogens with zero attached hydrogens (tertiary/aromatic N) is 1. The minimum atomic E-state index is 0.0307. The van der Waals surface area contributed by atoms with Crippen LogP contribution in [-0.4, -0.2) is 26.5 Å². The van der Waals surface area contributed by atoms with Crippen LogP contribution in [0.1, 0.15) is 32.1 Å². The summed E-state index contributed by atoms with van der Waals surface area (Å²) in [6.07, 6.45) is 4.58. The van der Waals surface area contributed by atoms with E-state index in [2.05, 4.69) is 5.32 Å². The molecule has 0 aliphatic rings. The molecule has 5 heteroatoms. The zero-order valence-corrected chi connectivity index (χ0v) is 13.0. The Morgan fingerprint density at radius 3 is 2.60 bits per heavy atom. The molecule has 1 aromatic rings. The Kier molecular flexibility index (Phi) is 7.41. The second kappa shape index (κ2) is 8.82. The fourth-order valence-corrected chi connectivity index (χ4v) is 2.17. The molecule has 1 rings (SSSR count). The number of nitrogens with two attached hydrogens (primary N) is 1. The molecule has 0 aromatic heterocycles. The fourth-order valence-electron chi connectivity index (χ4n) is 1.99. The topological polar surface area (TPSA) is 58.4 Å². The maximum absolute atomic E-state index is 11.9. The van der Waals surface area contributed by atoms with Crippen LogP contribution in [0.25, 0.3) is 0 Å². The van der Waals surface area contributed by atoms with Crippen LogP contribution in [0, 0.1) is 0 Å². The standard InChI is InChI=1S/C15H24ClN3O/c1-19(2)14-9-8-12(16)11-13(14)18-15(20)7-5-3-4-6-10-17/h8-9,11H,3-7,10,17H2,1-2H3,(H,18,20). The summed E-state index contributed by atoms with van der Waals surface area (Å²) in [4.78, 5) is 13.9. The maximum Gasteiger partial charge on any atom is 0.224 e. The van der Waals surface area contributed by atoms with Gasteiger partial charge in [-0.25, -0.2) is 0 Å². The number of carbonyl (C=O) groups is 1. The molecule has 0 radical (unpaired) electrons. The molecular weight excluding hydrogens is 274 g/mol. The third kappa shape index (κ3) is 5.80. The molecule has 1 amide bonds. The molecular formula is C15H24ClN3O. The van der Waals surface area contributed by atoms with Crippen LogP contribution in [-0.2, 0) is 4.79 Å². The third-order valence-electron chi connectivity index (χ3n) is 3.07. The van der Waals surface area contributed by atoms with Gasteiger partial charge in [-0.3, -0.25) is 4.79 Å². The monoisotopic (exact) mass is 297 g/mol. The Bertz CT molecular complexity index is 435. The number of unbranched alkanes of at least 4 members (excludes halogenated alkanes) is 3. The van der Waals surface area contributed by atoms with Gasteiger partial charge < -0.3 is 16.0 Å². The predicted octanol–water partition coefficient (Wildman–Crippen LogP) is 3.25. The van der Waals surface area contributed by atoms with E-state index in [0.717, 1.165) is 43.6 Å². The van der Waals surface area contributed by atoms with E-state index >= 15 is 0 Å². The van der Waals surface area contributed by atoms with Crippen molar-refractivity contribution in [3.05, 3.63) is 23.2 Å². The van der Waals surface area contributed by atoms with Crippen LogP contribution in [0.15, 0.2) is 18.2 Å². The molecule has 1 aromatic carbocycles. The number of anilines is 2. The second-order valence-corrected chi connectivity index (χ2v) is 5.49. The zero-order valence-electron chi connectivity index (χ0n) is 12.3. The molecule has 0 unspecified atom stereocenters.